The van der Waals surface area contributed by atoms with Crippen LogP contribution in [-0.4, -0.2) is 50.9 Å². The highest BCUT2D eigenvalue weighted by atomic mass is 16.5. The Balaban J connectivity index is 1.62. The molecule has 0 saturated carbocycles. The van der Waals surface area contributed by atoms with Gasteiger partial charge in [-0.15, -0.1) is 10.2 Å². The van der Waals surface area contributed by atoms with Gasteiger partial charge >= 0.3 is 0 Å². The number of aromatic nitrogens is 3. The summed E-state index contributed by atoms with van der Waals surface area (Å²) in [6.07, 6.45) is 1.59. The van der Waals surface area contributed by atoms with Gasteiger partial charge in [0.1, 0.15) is 17.3 Å². The summed E-state index contributed by atoms with van der Waals surface area (Å²) >= 11 is 0. The predicted molar refractivity (Wildman–Crippen MR) is 105 cm³/mol. The normalized spacial score (nSPS) is 15.5. The van der Waals surface area contributed by atoms with Gasteiger partial charge in [-0.2, -0.15) is 0 Å². The molecule has 0 saturated heterocycles. The molecule has 1 aliphatic heterocycles. The summed E-state index contributed by atoms with van der Waals surface area (Å²) in [7, 11) is 1.62. The number of carbonyl (C=O) groups excluding carboxylic acids is 1. The fraction of sp³-hybridized carbons (Fsp3) is 0.550. The van der Waals surface area contributed by atoms with Gasteiger partial charge in [0.15, 0.2) is 5.82 Å². The first kappa shape index (κ1) is 20.1. The van der Waals surface area contributed by atoms with Gasteiger partial charge in [-0.05, 0) is 24.6 Å². The lowest BCUT2D eigenvalue weighted by molar-refractivity contribution is -0.124. The van der Waals surface area contributed by atoms with Crippen molar-refractivity contribution in [2.75, 3.05) is 20.2 Å². The third-order valence-corrected chi connectivity index (χ3v) is 5.36. The van der Waals surface area contributed by atoms with Crippen LogP contribution in [0.15, 0.2) is 18.2 Å². The van der Waals surface area contributed by atoms with Gasteiger partial charge in [0.25, 0.3) is 0 Å². The van der Waals surface area contributed by atoms with Crippen LogP contribution in [0.3, 0.4) is 0 Å². The lowest BCUT2D eigenvalue weighted by Gasteiger charge is -2.20. The molecule has 0 unspecified atom stereocenters. The van der Waals surface area contributed by atoms with Crippen molar-refractivity contribution in [3.05, 3.63) is 35.4 Å². The first-order valence-electron chi connectivity index (χ1n) is 9.78. The van der Waals surface area contributed by atoms with E-state index in [-0.39, 0.29) is 17.6 Å². The molecule has 2 aromatic rings. The molecule has 1 amide bonds. The van der Waals surface area contributed by atoms with E-state index >= 15 is 0 Å². The first-order chi connectivity index (χ1) is 13.5. The Hall–Kier alpha value is -2.61. The van der Waals surface area contributed by atoms with Crippen molar-refractivity contribution in [2.45, 2.75) is 46.3 Å². The monoisotopic (exact) mass is 387 g/mol. The molecule has 0 radical (unpaired) electrons. The van der Waals surface area contributed by atoms with E-state index in [0.717, 1.165) is 55.4 Å². The predicted octanol–water partition coefficient (Wildman–Crippen LogP) is 1.71. The van der Waals surface area contributed by atoms with Gasteiger partial charge in [-0.3, -0.25) is 9.69 Å². The number of phenolic OH excluding ortho intramolecular Hbond substituents is 1. The molecule has 0 aliphatic carbocycles. The van der Waals surface area contributed by atoms with Crippen LogP contribution in [0.5, 0.6) is 11.5 Å². The fourth-order valence-corrected chi connectivity index (χ4v) is 3.30. The number of rotatable bonds is 7. The number of ether oxygens (including phenoxy) is 1. The Bertz CT molecular complexity index is 820. The standard InChI is InChI=1S/C20H29N5O3/c1-4-14(2)20(27)21-12-19-23-22-18-7-8-24(9-10-25(18)19)13-15-11-16(28-3)5-6-17(15)26/h5-6,11,14,26H,4,7-10,12-13H2,1-3H3,(H,21,27)/t14-/m1/s1. The Morgan fingerprint density at radius 1 is 1.32 bits per heavy atom. The van der Waals surface area contributed by atoms with Crippen molar-refractivity contribution in [1.82, 2.24) is 25.0 Å². The number of amides is 1. The first-order valence-corrected chi connectivity index (χ1v) is 9.78. The van der Waals surface area contributed by atoms with E-state index in [2.05, 4.69) is 25.0 Å². The second-order valence-corrected chi connectivity index (χ2v) is 7.23. The summed E-state index contributed by atoms with van der Waals surface area (Å²) in [5.74, 6) is 2.78. The molecule has 28 heavy (non-hydrogen) atoms. The number of fused-ring (bicyclic) bond motifs is 1. The minimum absolute atomic E-state index is 0.00226. The van der Waals surface area contributed by atoms with Gasteiger partial charge in [-0.25, -0.2) is 0 Å². The maximum Gasteiger partial charge on any atom is 0.223 e. The second kappa shape index (κ2) is 9.05. The molecule has 0 fully saturated rings. The molecule has 2 N–H and O–H groups in total. The topological polar surface area (TPSA) is 92.5 Å². The maximum absolute atomic E-state index is 12.0. The van der Waals surface area contributed by atoms with Crippen LogP contribution in [0.1, 0.15) is 37.5 Å². The van der Waals surface area contributed by atoms with Crippen molar-refractivity contribution < 1.29 is 14.6 Å². The molecule has 0 bridgehead atoms. The van der Waals surface area contributed by atoms with Crippen LogP contribution in [0.2, 0.25) is 0 Å². The highest BCUT2D eigenvalue weighted by molar-refractivity contribution is 5.78. The van der Waals surface area contributed by atoms with Crippen molar-refractivity contribution in [1.29, 1.82) is 0 Å². The van der Waals surface area contributed by atoms with Crippen molar-refractivity contribution in [2.24, 2.45) is 5.92 Å². The van der Waals surface area contributed by atoms with E-state index in [0.29, 0.717) is 13.1 Å². The Morgan fingerprint density at radius 3 is 2.89 bits per heavy atom. The average molecular weight is 387 g/mol. The van der Waals surface area contributed by atoms with Crippen molar-refractivity contribution >= 4 is 5.91 Å². The third-order valence-electron chi connectivity index (χ3n) is 5.36. The smallest absolute Gasteiger partial charge is 0.223 e. The number of phenols is 1. The number of benzene rings is 1. The lowest BCUT2D eigenvalue weighted by atomic mass is 10.1. The zero-order valence-electron chi connectivity index (χ0n) is 16.8. The Labute approximate surface area is 165 Å². The van der Waals surface area contributed by atoms with Crippen LogP contribution in [0.25, 0.3) is 0 Å². The van der Waals surface area contributed by atoms with Gasteiger partial charge < -0.3 is 19.7 Å². The van der Waals surface area contributed by atoms with Gasteiger partial charge in [0, 0.05) is 44.1 Å². The molecule has 152 valence electrons. The van der Waals surface area contributed by atoms with E-state index in [9.17, 15) is 9.90 Å². The van der Waals surface area contributed by atoms with Crippen LogP contribution in [-0.2, 0) is 30.8 Å². The number of nitrogens with zero attached hydrogens (tertiary/aromatic N) is 4. The number of carbonyl (C=O) groups is 1. The molecule has 1 aliphatic rings. The number of methoxy groups -OCH3 is 1. The van der Waals surface area contributed by atoms with Crippen LogP contribution in [0.4, 0.5) is 0 Å². The van der Waals surface area contributed by atoms with Gasteiger partial charge in [0.05, 0.1) is 13.7 Å². The molecule has 2 heterocycles. The molecule has 3 rings (SSSR count). The van der Waals surface area contributed by atoms with Crippen LogP contribution in [0, 0.1) is 5.92 Å². The number of aromatic hydroxyl groups is 1. The summed E-state index contributed by atoms with van der Waals surface area (Å²) < 4.78 is 7.36. The maximum atomic E-state index is 12.0. The minimum Gasteiger partial charge on any atom is -0.508 e. The quantitative estimate of drug-likeness (QED) is 0.751. The zero-order valence-corrected chi connectivity index (χ0v) is 16.8. The van der Waals surface area contributed by atoms with E-state index in [1.165, 1.54) is 0 Å². The molecule has 8 nitrogen and oxygen atoms in total. The molecular formula is C20H29N5O3. The van der Waals surface area contributed by atoms with Gasteiger partial charge in [0.2, 0.25) is 5.91 Å². The van der Waals surface area contributed by atoms with Gasteiger partial charge in [-0.1, -0.05) is 13.8 Å². The molecule has 8 heteroatoms. The largest absolute Gasteiger partial charge is 0.508 e. The van der Waals surface area contributed by atoms with E-state index in [4.69, 9.17) is 4.74 Å². The summed E-state index contributed by atoms with van der Waals surface area (Å²) in [4.78, 5) is 14.3. The summed E-state index contributed by atoms with van der Waals surface area (Å²) in [6.45, 7) is 7.35. The molecule has 1 aromatic carbocycles. The minimum atomic E-state index is -0.00226. The Morgan fingerprint density at radius 2 is 2.14 bits per heavy atom. The number of nitrogens with one attached hydrogen (secondary N) is 1. The fourth-order valence-electron chi connectivity index (χ4n) is 3.30. The van der Waals surface area contributed by atoms with Crippen LogP contribution < -0.4 is 10.1 Å². The Kier molecular flexibility index (Phi) is 6.51. The molecule has 1 atom stereocenters. The molecular weight excluding hydrogens is 358 g/mol. The zero-order chi connectivity index (χ0) is 20.1. The van der Waals surface area contributed by atoms with Crippen molar-refractivity contribution in [3.63, 3.8) is 0 Å². The number of hydrogen-bond donors (Lipinski definition) is 2. The SMILES string of the molecule is CC[C@@H](C)C(=O)NCc1nnc2n1CCN(Cc1cc(OC)ccc1O)CC2. The summed E-state index contributed by atoms with van der Waals surface area (Å²) in [5.41, 5.74) is 0.845. The molecule has 1 aromatic heterocycles. The van der Waals surface area contributed by atoms with Crippen LogP contribution >= 0.6 is 0 Å². The molecule has 0 spiro atoms. The van der Waals surface area contributed by atoms with E-state index in [1.807, 2.05) is 19.9 Å². The second-order valence-electron chi connectivity index (χ2n) is 7.23. The van der Waals surface area contributed by atoms with Crippen molar-refractivity contribution in [3.8, 4) is 11.5 Å². The highest BCUT2D eigenvalue weighted by Crippen LogP contribution is 2.25. The highest BCUT2D eigenvalue weighted by Gasteiger charge is 2.20. The summed E-state index contributed by atoms with van der Waals surface area (Å²) in [5, 5.41) is 21.7. The lowest BCUT2D eigenvalue weighted by Crippen LogP contribution is -2.30. The van der Waals surface area contributed by atoms with E-state index in [1.54, 1.807) is 19.2 Å². The average Bonchev–Trinajstić information content (AvgIpc) is 2.99. The number of hydrogen-bond acceptors (Lipinski definition) is 6. The van der Waals surface area contributed by atoms with E-state index < -0.39 is 0 Å². The summed E-state index contributed by atoms with van der Waals surface area (Å²) in [6, 6.07) is 5.29. The third kappa shape index (κ3) is 4.62.